The predicted octanol–water partition coefficient (Wildman–Crippen LogP) is 6.70. The van der Waals surface area contributed by atoms with Crippen LogP contribution in [0.2, 0.25) is 5.02 Å². The fourth-order valence-corrected chi connectivity index (χ4v) is 6.84. The Kier molecular flexibility index (Phi) is 9.51. The Morgan fingerprint density at radius 1 is 1.06 bits per heavy atom. The Morgan fingerprint density at radius 2 is 1.92 bits per heavy atom. The summed E-state index contributed by atoms with van der Waals surface area (Å²) in [5, 5.41) is 23.5. The monoisotopic (exact) mass is 673 g/mol. The molecule has 0 bridgehead atoms. The van der Waals surface area contributed by atoms with Gasteiger partial charge in [0.15, 0.2) is 5.58 Å². The Morgan fingerprint density at radius 3 is 2.67 bits per heavy atom. The molecule has 2 saturated heterocycles. The molecule has 0 spiro atoms. The normalized spacial score (nSPS) is 16.9. The summed E-state index contributed by atoms with van der Waals surface area (Å²) in [5.74, 6) is 0.324. The van der Waals surface area contributed by atoms with Gasteiger partial charge in [0, 0.05) is 43.3 Å². The van der Waals surface area contributed by atoms with Crippen LogP contribution < -0.4 is 5.32 Å². The molecule has 0 radical (unpaired) electrons. The summed E-state index contributed by atoms with van der Waals surface area (Å²) < 4.78 is 6.06. The molecule has 11 heteroatoms. The van der Waals surface area contributed by atoms with E-state index in [-0.39, 0.29) is 12.0 Å². The van der Waals surface area contributed by atoms with E-state index in [1.165, 1.54) is 12.8 Å². The van der Waals surface area contributed by atoms with E-state index in [9.17, 15) is 15.2 Å². The van der Waals surface area contributed by atoms with Crippen molar-refractivity contribution in [2.45, 2.75) is 45.4 Å². The maximum atomic E-state index is 13.2. The maximum Gasteiger partial charge on any atom is 0.274 e. The third kappa shape index (κ3) is 7.12. The smallest absolute Gasteiger partial charge is 0.274 e. The van der Waals surface area contributed by atoms with E-state index in [4.69, 9.17) is 16.0 Å². The molecule has 0 aliphatic carbocycles. The zero-order chi connectivity index (χ0) is 33.9. The van der Waals surface area contributed by atoms with Gasteiger partial charge in [0.2, 0.25) is 5.89 Å². The molecule has 3 aromatic heterocycles. The number of nitriles is 1. The van der Waals surface area contributed by atoms with Crippen molar-refractivity contribution in [1.29, 1.82) is 5.26 Å². The second-order valence-electron chi connectivity index (χ2n) is 12.6. The molecule has 1 amide bonds. The number of oxazole rings is 1. The molecule has 2 aromatic carbocycles. The molecule has 1 atom stereocenters. The lowest BCUT2D eigenvalue weighted by molar-refractivity contribution is 0.102. The first kappa shape index (κ1) is 32.6. The zero-order valence-corrected chi connectivity index (χ0v) is 28.0. The Balaban J connectivity index is 1.09. The number of pyridine rings is 2. The summed E-state index contributed by atoms with van der Waals surface area (Å²) in [4.78, 5) is 31.2. The number of halogens is 1. The van der Waals surface area contributed by atoms with E-state index in [2.05, 4.69) is 36.1 Å². The Labute approximate surface area is 289 Å². The summed E-state index contributed by atoms with van der Waals surface area (Å²) in [6.07, 6.45) is 9.85. The number of aliphatic hydroxyl groups excluding tert-OH is 1. The number of nitrogens with zero attached hydrogens (tertiary/aromatic N) is 6. The summed E-state index contributed by atoms with van der Waals surface area (Å²) in [6.45, 7) is 6.84. The highest BCUT2D eigenvalue weighted by Gasteiger charge is 2.21. The molecule has 49 heavy (non-hydrogen) atoms. The van der Waals surface area contributed by atoms with Gasteiger partial charge in [0.1, 0.15) is 17.3 Å². The van der Waals surface area contributed by atoms with Gasteiger partial charge in [0.25, 0.3) is 5.91 Å². The number of anilines is 1. The van der Waals surface area contributed by atoms with Gasteiger partial charge in [-0.25, -0.2) is 4.98 Å². The molecule has 2 fully saturated rings. The Bertz CT molecular complexity index is 2080. The van der Waals surface area contributed by atoms with Crippen LogP contribution >= 0.6 is 11.6 Å². The number of aliphatic hydroxyl groups is 1. The number of likely N-dealkylation sites (tertiary alicyclic amines) is 2. The number of hydrogen-bond acceptors (Lipinski definition) is 9. The third-order valence-electron chi connectivity index (χ3n) is 9.22. The van der Waals surface area contributed by atoms with Crippen LogP contribution in [0.3, 0.4) is 0 Å². The van der Waals surface area contributed by atoms with Gasteiger partial charge < -0.3 is 14.8 Å². The zero-order valence-electron chi connectivity index (χ0n) is 27.2. The van der Waals surface area contributed by atoms with Gasteiger partial charge in [-0.05, 0) is 91.9 Å². The first-order valence-electron chi connectivity index (χ1n) is 16.5. The fraction of sp³-hybridized carbons (Fsp3) is 0.289. The first-order valence-corrected chi connectivity index (χ1v) is 16.9. The number of benzene rings is 2. The lowest BCUT2D eigenvalue weighted by atomic mass is 9.94. The molecule has 10 nitrogen and oxygen atoms in total. The Hall–Kier alpha value is -4.92. The number of carbonyl (C=O) groups is 1. The number of nitrogens with one attached hydrogen (secondary N) is 1. The molecule has 2 N–H and O–H groups in total. The van der Waals surface area contributed by atoms with Crippen LogP contribution in [-0.4, -0.2) is 68.0 Å². The van der Waals surface area contributed by atoms with Gasteiger partial charge in [-0.3, -0.25) is 24.6 Å². The second kappa shape index (κ2) is 14.3. The molecule has 7 rings (SSSR count). The first-order chi connectivity index (χ1) is 23.9. The van der Waals surface area contributed by atoms with Gasteiger partial charge in [-0.1, -0.05) is 41.9 Å². The van der Waals surface area contributed by atoms with Crippen molar-refractivity contribution in [3.05, 3.63) is 105 Å². The highest BCUT2D eigenvalue weighted by Crippen LogP contribution is 2.34. The molecular weight excluding hydrogens is 638 g/mol. The number of fused-ring (bicyclic) bond motifs is 1. The average Bonchev–Trinajstić information content (AvgIpc) is 3.88. The highest BCUT2D eigenvalue weighted by molar-refractivity contribution is 6.36. The van der Waals surface area contributed by atoms with Gasteiger partial charge in [-0.15, -0.1) is 0 Å². The van der Waals surface area contributed by atoms with Crippen molar-refractivity contribution in [1.82, 2.24) is 24.8 Å². The number of hydrogen-bond donors (Lipinski definition) is 2. The second-order valence-corrected chi connectivity index (χ2v) is 13.0. The standard InChI is InChI=1S/C38H36ClN7O3/c1-24-28(5-4-6-31(24)44-38(48)34-10-7-25(20-42-34)21-46-18-14-27(47)22-46)29-13-15-41-32(30(29)19-40)11-8-26-9-12-33-37(36(26)39)49-35(43-33)23-45-16-2-3-17-45/h4-13,15,20,27,47H,2-3,14,16-18,21-23H2,1H3,(H,44,48)/b11-8+/t27-/m1/s1. The molecule has 5 aromatic rings. The van der Waals surface area contributed by atoms with Crippen molar-refractivity contribution in [2.75, 3.05) is 31.5 Å². The minimum absolute atomic E-state index is 0.282. The quantitative estimate of drug-likeness (QED) is 0.175. The van der Waals surface area contributed by atoms with Crippen LogP contribution in [0.5, 0.6) is 0 Å². The van der Waals surface area contributed by atoms with E-state index in [0.717, 1.165) is 48.3 Å². The van der Waals surface area contributed by atoms with Gasteiger partial charge in [0.05, 0.1) is 28.9 Å². The number of aromatic nitrogens is 3. The van der Waals surface area contributed by atoms with Crippen LogP contribution in [0.1, 0.15) is 63.6 Å². The van der Waals surface area contributed by atoms with E-state index in [0.29, 0.717) is 69.8 Å². The third-order valence-corrected chi connectivity index (χ3v) is 9.61. The lowest BCUT2D eigenvalue weighted by Gasteiger charge is -2.15. The average molecular weight is 674 g/mol. The molecule has 0 saturated carbocycles. The van der Waals surface area contributed by atoms with E-state index >= 15 is 0 Å². The van der Waals surface area contributed by atoms with Crippen molar-refractivity contribution in [3.63, 3.8) is 0 Å². The van der Waals surface area contributed by atoms with Crippen molar-refractivity contribution >= 4 is 46.4 Å². The molecule has 2 aliphatic heterocycles. The van der Waals surface area contributed by atoms with E-state index in [1.807, 2.05) is 49.4 Å². The highest BCUT2D eigenvalue weighted by atomic mass is 35.5. The van der Waals surface area contributed by atoms with Crippen LogP contribution in [-0.2, 0) is 13.1 Å². The number of β-amino-alcohol motifs (C(OH)–C–C–N with tert-alkyl or cyclic N) is 1. The fourth-order valence-electron chi connectivity index (χ4n) is 6.58. The maximum absolute atomic E-state index is 13.2. The van der Waals surface area contributed by atoms with Crippen LogP contribution in [0, 0.1) is 18.3 Å². The van der Waals surface area contributed by atoms with Crippen LogP contribution in [0.15, 0.2) is 65.3 Å². The summed E-state index contributed by atoms with van der Waals surface area (Å²) in [5.41, 5.74) is 7.08. The number of amides is 1. The largest absolute Gasteiger partial charge is 0.438 e. The number of carbonyl (C=O) groups excluding carboxylic acids is 1. The van der Waals surface area contributed by atoms with Crippen molar-refractivity contribution < 1.29 is 14.3 Å². The van der Waals surface area contributed by atoms with Crippen LogP contribution in [0.25, 0.3) is 34.4 Å². The molecule has 248 valence electrons. The number of rotatable bonds is 9. The van der Waals surface area contributed by atoms with Gasteiger partial charge >= 0.3 is 0 Å². The van der Waals surface area contributed by atoms with Crippen molar-refractivity contribution in [3.8, 4) is 17.2 Å². The summed E-state index contributed by atoms with van der Waals surface area (Å²) >= 11 is 6.78. The predicted molar refractivity (Wildman–Crippen MR) is 190 cm³/mol. The summed E-state index contributed by atoms with van der Waals surface area (Å²) in [6, 6.07) is 17.1. The minimum Gasteiger partial charge on any atom is -0.438 e. The summed E-state index contributed by atoms with van der Waals surface area (Å²) in [7, 11) is 0. The molecule has 5 heterocycles. The molecule has 0 unspecified atom stereocenters. The minimum atomic E-state index is -0.328. The van der Waals surface area contributed by atoms with Gasteiger partial charge in [-0.2, -0.15) is 5.26 Å². The molecular formula is C38H36ClN7O3. The lowest BCUT2D eigenvalue weighted by Crippen LogP contribution is -2.21. The molecule has 2 aliphatic rings. The van der Waals surface area contributed by atoms with Crippen LogP contribution in [0.4, 0.5) is 5.69 Å². The topological polar surface area (TPSA) is 131 Å². The van der Waals surface area contributed by atoms with E-state index in [1.54, 1.807) is 30.6 Å². The SMILES string of the molecule is Cc1c(NC(=O)c2ccc(CN3CC[C@@H](O)C3)cn2)cccc1-c1ccnc(/C=C/c2ccc3nc(CN4CCCC4)oc3c2Cl)c1C#N. The van der Waals surface area contributed by atoms with E-state index < -0.39 is 0 Å². The van der Waals surface area contributed by atoms with Crippen molar-refractivity contribution in [2.24, 2.45) is 0 Å².